The quantitative estimate of drug-likeness (QED) is 0.537. The Labute approximate surface area is 179 Å². The van der Waals surface area contributed by atoms with E-state index in [0.717, 1.165) is 25.7 Å². The van der Waals surface area contributed by atoms with E-state index in [4.69, 9.17) is 4.74 Å². The van der Waals surface area contributed by atoms with Crippen LogP contribution in [-0.2, 0) is 6.61 Å². The molecular weight excluding hydrogens is 402 g/mol. The number of halogens is 2. The summed E-state index contributed by atoms with van der Waals surface area (Å²) in [4.78, 5) is 17.5. The number of nitrogens with zero attached hydrogens (tertiary/aromatic N) is 2. The summed E-state index contributed by atoms with van der Waals surface area (Å²) in [6.07, 6.45) is 6.27. The molecule has 164 valence electrons. The molecule has 1 aromatic carbocycles. The van der Waals surface area contributed by atoms with Crippen LogP contribution in [0.2, 0.25) is 0 Å². The third-order valence-corrected chi connectivity index (χ3v) is 6.10. The maximum absolute atomic E-state index is 13.9. The van der Waals surface area contributed by atoms with Crippen molar-refractivity contribution in [3.63, 3.8) is 0 Å². The van der Waals surface area contributed by atoms with Crippen molar-refractivity contribution in [3.8, 4) is 5.75 Å². The van der Waals surface area contributed by atoms with Crippen LogP contribution in [0.1, 0.15) is 60.3 Å². The number of Topliss-reactive ketones (excluding diaryl/α,β-unsaturated/α-hetero) is 1. The molecule has 0 bridgehead atoms. The van der Waals surface area contributed by atoms with Gasteiger partial charge in [0.25, 0.3) is 0 Å². The van der Waals surface area contributed by atoms with E-state index < -0.39 is 11.6 Å². The summed E-state index contributed by atoms with van der Waals surface area (Å²) in [7, 11) is 0. The lowest BCUT2D eigenvalue weighted by molar-refractivity contribution is 0.0622. The SMILES string of the molecule is Cc1nc2c(OCc3c(F)cccc3F)cccn2c1C(=O)CCC1CCCC[C@H]1O. The summed E-state index contributed by atoms with van der Waals surface area (Å²) >= 11 is 0. The number of ketones is 1. The number of aliphatic hydroxyl groups is 1. The van der Waals surface area contributed by atoms with Gasteiger partial charge in [-0.25, -0.2) is 13.8 Å². The molecule has 5 nitrogen and oxygen atoms in total. The molecule has 0 saturated heterocycles. The molecule has 0 amide bonds. The van der Waals surface area contributed by atoms with E-state index in [1.807, 2.05) is 0 Å². The van der Waals surface area contributed by atoms with Crippen molar-refractivity contribution in [2.45, 2.75) is 58.2 Å². The number of ether oxygens (including phenoxy) is 1. The molecule has 3 aromatic rings. The summed E-state index contributed by atoms with van der Waals surface area (Å²) in [5, 5.41) is 10.2. The summed E-state index contributed by atoms with van der Waals surface area (Å²) in [5.74, 6) is -0.888. The number of aromatic nitrogens is 2. The average Bonchev–Trinajstić information content (AvgIpc) is 3.09. The van der Waals surface area contributed by atoms with Gasteiger partial charge in [-0.1, -0.05) is 18.9 Å². The van der Waals surface area contributed by atoms with Gasteiger partial charge in [0.1, 0.15) is 23.9 Å². The molecule has 1 fully saturated rings. The molecule has 7 heteroatoms. The third-order valence-electron chi connectivity index (χ3n) is 6.10. The Balaban J connectivity index is 1.53. The molecule has 1 saturated carbocycles. The van der Waals surface area contributed by atoms with Gasteiger partial charge in [0.05, 0.1) is 17.4 Å². The van der Waals surface area contributed by atoms with Crippen LogP contribution in [0.25, 0.3) is 5.65 Å². The van der Waals surface area contributed by atoms with Crippen molar-refractivity contribution in [2.24, 2.45) is 5.92 Å². The van der Waals surface area contributed by atoms with Crippen molar-refractivity contribution < 1.29 is 23.4 Å². The van der Waals surface area contributed by atoms with Gasteiger partial charge in [0.2, 0.25) is 0 Å². The first-order chi connectivity index (χ1) is 15.0. The number of aliphatic hydroxyl groups excluding tert-OH is 1. The van der Waals surface area contributed by atoms with Gasteiger partial charge in [0.15, 0.2) is 17.2 Å². The number of rotatable bonds is 7. The molecule has 2 atom stereocenters. The van der Waals surface area contributed by atoms with Crippen LogP contribution in [0.15, 0.2) is 36.5 Å². The standard InChI is InChI=1S/C24H26F2N2O3/c1-15-23(21(30)12-11-16-6-2-3-9-20(16)29)28-13-5-10-22(24(28)27-15)31-14-17-18(25)7-4-8-19(17)26/h4-5,7-8,10,13,16,20,29H,2-3,6,9,11-12,14H2,1H3/t16?,20-/m1/s1. The number of carbonyl (C=O) groups is 1. The second-order valence-corrected chi connectivity index (χ2v) is 8.17. The first kappa shape index (κ1) is 21.4. The summed E-state index contributed by atoms with van der Waals surface area (Å²) in [5.41, 5.74) is 1.32. The Morgan fingerprint density at radius 1 is 1.19 bits per heavy atom. The Bertz CT molecular complexity index is 1080. The van der Waals surface area contributed by atoms with Crippen molar-refractivity contribution in [3.05, 3.63) is 65.1 Å². The van der Waals surface area contributed by atoms with E-state index in [0.29, 0.717) is 35.6 Å². The summed E-state index contributed by atoms with van der Waals surface area (Å²) in [6, 6.07) is 7.04. The number of hydrogen-bond donors (Lipinski definition) is 1. The van der Waals surface area contributed by atoms with Crippen LogP contribution in [0.4, 0.5) is 8.78 Å². The van der Waals surface area contributed by atoms with Crippen LogP contribution in [-0.4, -0.2) is 26.4 Å². The van der Waals surface area contributed by atoms with E-state index in [1.165, 1.54) is 18.2 Å². The molecule has 0 spiro atoms. The van der Waals surface area contributed by atoms with Crippen molar-refractivity contribution in [2.75, 3.05) is 0 Å². The zero-order chi connectivity index (χ0) is 22.0. The van der Waals surface area contributed by atoms with Crippen LogP contribution >= 0.6 is 0 Å². The summed E-state index contributed by atoms with van der Waals surface area (Å²) in [6.45, 7) is 1.48. The first-order valence-corrected chi connectivity index (χ1v) is 10.7. The molecule has 2 heterocycles. The molecule has 0 radical (unpaired) electrons. The third kappa shape index (κ3) is 4.46. The molecule has 1 unspecified atom stereocenters. The molecule has 1 aliphatic rings. The fraction of sp³-hybridized carbons (Fsp3) is 0.417. The Morgan fingerprint density at radius 2 is 1.94 bits per heavy atom. The highest BCUT2D eigenvalue weighted by atomic mass is 19.1. The predicted octanol–water partition coefficient (Wildman–Crippen LogP) is 5.01. The highest BCUT2D eigenvalue weighted by molar-refractivity contribution is 5.96. The number of carbonyl (C=O) groups excluding carboxylic acids is 1. The van der Waals surface area contributed by atoms with Crippen LogP contribution in [0, 0.1) is 24.5 Å². The Hall–Kier alpha value is -2.80. The van der Waals surface area contributed by atoms with Crippen molar-refractivity contribution in [1.29, 1.82) is 0 Å². The molecule has 1 aliphatic carbocycles. The number of imidazole rings is 1. The normalized spacial score (nSPS) is 19.0. The minimum atomic E-state index is -0.674. The lowest BCUT2D eigenvalue weighted by atomic mass is 9.83. The minimum Gasteiger partial charge on any atom is -0.485 e. The molecule has 2 aromatic heterocycles. The monoisotopic (exact) mass is 428 g/mol. The minimum absolute atomic E-state index is 0.0416. The van der Waals surface area contributed by atoms with Crippen LogP contribution in [0.3, 0.4) is 0 Å². The first-order valence-electron chi connectivity index (χ1n) is 10.7. The Kier molecular flexibility index (Phi) is 6.32. The summed E-state index contributed by atoms with van der Waals surface area (Å²) < 4.78 is 35.2. The van der Waals surface area contributed by atoms with Gasteiger partial charge in [-0.2, -0.15) is 0 Å². The fourth-order valence-electron chi connectivity index (χ4n) is 4.38. The lowest BCUT2D eigenvalue weighted by Crippen LogP contribution is -2.25. The van der Waals surface area contributed by atoms with Gasteiger partial charge in [0, 0.05) is 12.6 Å². The van der Waals surface area contributed by atoms with E-state index in [9.17, 15) is 18.7 Å². The zero-order valence-electron chi connectivity index (χ0n) is 17.5. The predicted molar refractivity (Wildman–Crippen MR) is 112 cm³/mol. The number of benzene rings is 1. The maximum atomic E-state index is 13.9. The van der Waals surface area contributed by atoms with E-state index in [-0.39, 0.29) is 30.0 Å². The van der Waals surface area contributed by atoms with Gasteiger partial charge in [-0.15, -0.1) is 0 Å². The van der Waals surface area contributed by atoms with Gasteiger partial charge < -0.3 is 9.84 Å². The van der Waals surface area contributed by atoms with Crippen LogP contribution in [0.5, 0.6) is 5.75 Å². The molecule has 4 rings (SSSR count). The highest BCUT2D eigenvalue weighted by Crippen LogP contribution is 2.30. The average molecular weight is 428 g/mol. The number of hydrogen-bond acceptors (Lipinski definition) is 4. The van der Waals surface area contributed by atoms with Crippen molar-refractivity contribution in [1.82, 2.24) is 9.38 Å². The molecule has 1 N–H and O–H groups in total. The number of aryl methyl sites for hydroxylation is 1. The fourth-order valence-corrected chi connectivity index (χ4v) is 4.38. The molecule has 0 aliphatic heterocycles. The second-order valence-electron chi connectivity index (χ2n) is 8.17. The van der Waals surface area contributed by atoms with Gasteiger partial charge in [-0.05, 0) is 56.4 Å². The maximum Gasteiger partial charge on any atom is 0.181 e. The highest BCUT2D eigenvalue weighted by Gasteiger charge is 2.25. The van der Waals surface area contributed by atoms with Gasteiger partial charge in [-0.3, -0.25) is 9.20 Å². The van der Waals surface area contributed by atoms with Crippen molar-refractivity contribution >= 4 is 11.4 Å². The number of fused-ring (bicyclic) bond motifs is 1. The topological polar surface area (TPSA) is 63.8 Å². The largest absolute Gasteiger partial charge is 0.485 e. The Morgan fingerprint density at radius 3 is 2.68 bits per heavy atom. The molecular formula is C24H26F2N2O3. The zero-order valence-corrected chi connectivity index (χ0v) is 17.5. The van der Waals surface area contributed by atoms with Gasteiger partial charge >= 0.3 is 0 Å². The van der Waals surface area contributed by atoms with Crippen LogP contribution < -0.4 is 4.74 Å². The van der Waals surface area contributed by atoms with E-state index >= 15 is 0 Å². The smallest absolute Gasteiger partial charge is 0.181 e. The second kappa shape index (κ2) is 9.14. The van der Waals surface area contributed by atoms with E-state index in [1.54, 1.807) is 29.7 Å². The number of pyridine rings is 1. The molecule has 31 heavy (non-hydrogen) atoms. The van der Waals surface area contributed by atoms with E-state index in [2.05, 4.69) is 4.98 Å². The lowest BCUT2D eigenvalue weighted by Gasteiger charge is -2.27.